The molecule has 0 aromatic heterocycles. The average Bonchev–Trinajstić information content (AvgIpc) is 3.20. The van der Waals surface area contributed by atoms with E-state index in [0.717, 1.165) is 0 Å². The van der Waals surface area contributed by atoms with Gasteiger partial charge in [0.15, 0.2) is 0 Å². The van der Waals surface area contributed by atoms with Crippen LogP contribution in [0.1, 0.15) is 0 Å². The molecular formula is C7H13I4N3O3-2. The van der Waals surface area contributed by atoms with E-state index in [0.29, 0.717) is 19.8 Å². The second-order valence-corrected chi connectivity index (χ2v) is 28.9. The molecule has 10 heteroatoms. The fourth-order valence-corrected chi connectivity index (χ4v) is 15.3. The molecule has 104 valence electrons. The van der Waals surface area contributed by atoms with Gasteiger partial charge < -0.3 is 0 Å². The summed E-state index contributed by atoms with van der Waals surface area (Å²) in [6.07, 6.45) is 1.72. The van der Waals surface area contributed by atoms with Gasteiger partial charge in [-0.25, -0.2) is 0 Å². The molecular weight excluding hydrogens is 682 g/mol. The quantitative estimate of drug-likeness (QED) is 0.0601. The van der Waals surface area contributed by atoms with Crippen molar-refractivity contribution in [3.05, 3.63) is 12.7 Å². The molecule has 2 aliphatic rings. The third-order valence-corrected chi connectivity index (χ3v) is 17.9. The Morgan fingerprint density at radius 1 is 1.29 bits per heavy atom. The van der Waals surface area contributed by atoms with E-state index in [1.807, 2.05) is 0 Å². The van der Waals surface area contributed by atoms with Crippen molar-refractivity contribution < 1.29 is 45.9 Å². The molecule has 1 atom stereocenters. The zero-order valence-corrected chi connectivity index (χ0v) is 17.4. The maximum atomic E-state index is 6.01. The van der Waals surface area contributed by atoms with Crippen LogP contribution in [0.3, 0.4) is 0 Å². The summed E-state index contributed by atoms with van der Waals surface area (Å²) < 4.78 is 24.0. The van der Waals surface area contributed by atoms with Gasteiger partial charge in [0.05, 0.1) is 0 Å². The van der Waals surface area contributed by atoms with Crippen LogP contribution < -0.4 is 38.5 Å². The summed E-state index contributed by atoms with van der Waals surface area (Å²) in [4.78, 5) is 4.14. The Morgan fingerprint density at radius 3 is 2.53 bits per heavy atom. The Kier molecular flexibility index (Phi) is 7.11. The van der Waals surface area contributed by atoms with Crippen LogP contribution in [0, 0.1) is 0 Å². The van der Waals surface area contributed by atoms with Gasteiger partial charge in [-0.05, 0) is 0 Å². The zero-order chi connectivity index (χ0) is 12.1. The molecule has 2 aliphatic heterocycles. The summed E-state index contributed by atoms with van der Waals surface area (Å²) in [6.45, 7) is 8.67. The van der Waals surface area contributed by atoms with Crippen molar-refractivity contribution in [3.8, 4) is 0 Å². The number of ether oxygens (including phenoxy) is 1. The molecule has 0 aromatic rings. The fraction of sp³-hybridized carbons (Fsp3) is 0.571. The Morgan fingerprint density at radius 2 is 2.00 bits per heavy atom. The van der Waals surface area contributed by atoms with Gasteiger partial charge in [-0.3, -0.25) is 0 Å². The molecule has 6 nitrogen and oxygen atoms in total. The second kappa shape index (κ2) is 7.79. The topological polar surface area (TPSA) is 83.9 Å². The molecule has 1 unspecified atom stereocenters. The third-order valence-electron chi connectivity index (χ3n) is 1.70. The van der Waals surface area contributed by atoms with Gasteiger partial charge in [-0.2, -0.15) is 0 Å². The van der Waals surface area contributed by atoms with Gasteiger partial charge in [0.2, 0.25) is 0 Å². The molecule has 17 heavy (non-hydrogen) atoms. The minimum absolute atomic E-state index is 0.140. The molecule has 2 N–H and O–H groups in total. The van der Waals surface area contributed by atoms with E-state index in [1.165, 1.54) is 0 Å². The van der Waals surface area contributed by atoms with Crippen molar-refractivity contribution in [2.75, 3.05) is 19.8 Å². The van der Waals surface area contributed by atoms with E-state index in [4.69, 9.17) is 10.9 Å². The number of rotatable bonds is 10. The first-order valence-corrected chi connectivity index (χ1v) is 23.1. The minimum atomic E-state index is -1.27. The predicted octanol–water partition coefficient (Wildman–Crippen LogP) is -4.66. The molecule has 2 saturated heterocycles. The molecule has 0 saturated carbocycles. The second-order valence-electron chi connectivity index (χ2n) is 2.94. The molecule has 2 heterocycles. The number of nitrogens with zero attached hydrogens (tertiary/aromatic N) is 1. The summed E-state index contributed by atoms with van der Waals surface area (Å²) in [5.41, 5.74) is -0.678. The number of aliphatic imine (C=N–C) groups is 1. The van der Waals surface area contributed by atoms with Crippen molar-refractivity contribution in [1.82, 2.24) is 3.49 Å². The number of hydrogen-bond donors (Lipinski definition) is 2. The standard InChI is InChI=1S/C7H13I4N3O3/c1-3-4-15-5-7(12-2,17-11-9-14-11)6-16-10-8-13-10/h3,13-14H,1-2,4-6H2/q-2. The maximum absolute atomic E-state index is 6.01. The van der Waals surface area contributed by atoms with E-state index in [-0.39, 0.29) is 35.0 Å². The van der Waals surface area contributed by atoms with Gasteiger partial charge in [-0.15, -0.1) is 0 Å². The predicted molar refractivity (Wildman–Crippen MR) is 74.6 cm³/mol. The van der Waals surface area contributed by atoms with Crippen molar-refractivity contribution >= 4 is 39.8 Å². The van der Waals surface area contributed by atoms with Gasteiger partial charge in [0.25, 0.3) is 0 Å². The molecule has 0 radical (unpaired) electrons. The normalized spacial score (nSPS) is 26.1. The Labute approximate surface area is 130 Å². The van der Waals surface area contributed by atoms with Crippen molar-refractivity contribution in [2.45, 2.75) is 5.72 Å². The summed E-state index contributed by atoms with van der Waals surface area (Å²) in [5.74, 6) is 0. The average molecular weight is 695 g/mol. The van der Waals surface area contributed by atoms with Crippen LogP contribution in [0.5, 0.6) is 0 Å². The molecule has 0 spiro atoms. The van der Waals surface area contributed by atoms with Crippen LogP contribution in [-0.2, 0) is 10.9 Å². The number of nitrogens with one attached hydrogen (secondary N) is 2. The first-order chi connectivity index (χ1) is 8.28. The molecule has 0 amide bonds. The van der Waals surface area contributed by atoms with E-state index in [9.17, 15) is 0 Å². The van der Waals surface area contributed by atoms with E-state index >= 15 is 0 Å². The van der Waals surface area contributed by atoms with Gasteiger partial charge >= 0.3 is 132 Å². The van der Waals surface area contributed by atoms with Crippen LogP contribution in [0.15, 0.2) is 17.6 Å². The van der Waals surface area contributed by atoms with E-state index < -0.39 is 38.8 Å². The van der Waals surface area contributed by atoms with Crippen molar-refractivity contribution in [2.24, 2.45) is 4.99 Å². The molecule has 2 rings (SSSR count). The van der Waals surface area contributed by atoms with Gasteiger partial charge in [-0.1, -0.05) is 0 Å². The summed E-state index contributed by atoms with van der Waals surface area (Å²) in [5, 5.41) is 0. The van der Waals surface area contributed by atoms with Gasteiger partial charge in [0.1, 0.15) is 0 Å². The Hall–Kier alpha value is 2.13. The monoisotopic (exact) mass is 695 g/mol. The zero-order valence-electron chi connectivity index (χ0n) is 8.80. The third kappa shape index (κ3) is 5.96. The van der Waals surface area contributed by atoms with Crippen molar-refractivity contribution in [1.29, 1.82) is 0 Å². The summed E-state index contributed by atoms with van der Waals surface area (Å²) in [7, 11) is 0. The summed E-state index contributed by atoms with van der Waals surface area (Å²) in [6, 6.07) is 0. The van der Waals surface area contributed by atoms with Crippen LogP contribution in [0.25, 0.3) is 0 Å². The first kappa shape index (κ1) is 15.5. The number of halogens is 4. The molecule has 0 aromatic carbocycles. The Bertz CT molecular complexity index is 290. The fourth-order valence-electron chi connectivity index (χ4n) is 0.855. The molecule has 2 fully saturated rings. The van der Waals surface area contributed by atoms with Crippen molar-refractivity contribution in [3.63, 3.8) is 0 Å². The van der Waals surface area contributed by atoms with Gasteiger partial charge in [0, 0.05) is 0 Å². The van der Waals surface area contributed by atoms with Crippen LogP contribution in [-0.4, -0.2) is 32.3 Å². The molecule has 0 aliphatic carbocycles. The van der Waals surface area contributed by atoms with Crippen LogP contribution >= 0.6 is 33.1 Å². The number of hydrogen-bond acceptors (Lipinski definition) is 6. The summed E-state index contributed by atoms with van der Waals surface area (Å²) >= 11 is -2.06. The van der Waals surface area contributed by atoms with Crippen LogP contribution in [0.2, 0.25) is 0 Å². The molecule has 0 bridgehead atoms. The SMILES string of the molecule is C=CCOCC(COI1N[I-]1)(N=C)OI1N[I-]1. The van der Waals surface area contributed by atoms with E-state index in [2.05, 4.69) is 21.8 Å². The van der Waals surface area contributed by atoms with E-state index in [1.54, 1.807) is 6.08 Å². The Balaban J connectivity index is 1.84. The van der Waals surface area contributed by atoms with Crippen LogP contribution in [0.4, 0.5) is 0 Å². The first-order valence-electron chi connectivity index (χ1n) is 4.48.